The van der Waals surface area contributed by atoms with Gasteiger partial charge >= 0.3 is 12.1 Å². The Hall–Kier alpha value is -1.79. The number of carbonyl (C=O) groups excluding carboxylic acids is 2. The van der Waals surface area contributed by atoms with Crippen LogP contribution in [0.2, 0.25) is 0 Å². The number of carbonyl (C=O) groups is 3. The van der Waals surface area contributed by atoms with E-state index < -0.39 is 29.7 Å². The monoisotopic (exact) mass is 338 g/mol. The maximum absolute atomic E-state index is 12.9. The van der Waals surface area contributed by atoms with Gasteiger partial charge in [0.1, 0.15) is 17.7 Å². The van der Waals surface area contributed by atoms with E-state index in [0.29, 0.717) is 18.8 Å². The molecule has 2 N–H and O–H groups in total. The summed E-state index contributed by atoms with van der Waals surface area (Å²) in [5.74, 6) is -0.924. The number of amides is 2. The lowest BCUT2D eigenvalue weighted by Gasteiger charge is -2.30. The fourth-order valence-electron chi connectivity index (χ4n) is 4.37. The van der Waals surface area contributed by atoms with E-state index in [4.69, 9.17) is 4.74 Å². The molecule has 0 bridgehead atoms. The Balaban J connectivity index is 1.81. The Morgan fingerprint density at radius 1 is 1.29 bits per heavy atom. The molecule has 2 saturated heterocycles. The summed E-state index contributed by atoms with van der Waals surface area (Å²) < 4.78 is 5.26. The van der Waals surface area contributed by atoms with Gasteiger partial charge in [-0.1, -0.05) is 6.92 Å². The second-order valence-corrected chi connectivity index (χ2v) is 8.61. The maximum Gasteiger partial charge on any atom is 0.408 e. The molecule has 2 heterocycles. The number of fused-ring (bicyclic) bond motifs is 3. The van der Waals surface area contributed by atoms with Crippen LogP contribution >= 0.6 is 0 Å². The summed E-state index contributed by atoms with van der Waals surface area (Å²) in [6, 6.07) is -1.53. The van der Waals surface area contributed by atoms with Gasteiger partial charge < -0.3 is 20.1 Å². The highest BCUT2D eigenvalue weighted by molar-refractivity contribution is 5.90. The van der Waals surface area contributed by atoms with Gasteiger partial charge in [0, 0.05) is 6.04 Å². The van der Waals surface area contributed by atoms with Crippen molar-refractivity contribution in [2.45, 2.75) is 77.1 Å². The molecule has 1 unspecified atom stereocenters. The molecule has 1 saturated carbocycles. The molecule has 0 spiro atoms. The summed E-state index contributed by atoms with van der Waals surface area (Å²) >= 11 is 0. The molecule has 3 rings (SSSR count). The van der Waals surface area contributed by atoms with Gasteiger partial charge in [-0.3, -0.25) is 4.79 Å². The summed E-state index contributed by atoms with van der Waals surface area (Å²) in [5, 5.41) is 12.1. The van der Waals surface area contributed by atoms with E-state index in [9.17, 15) is 19.5 Å². The van der Waals surface area contributed by atoms with Gasteiger partial charge in [0.2, 0.25) is 5.91 Å². The molecule has 3 fully saturated rings. The van der Waals surface area contributed by atoms with E-state index in [2.05, 4.69) is 12.2 Å². The van der Waals surface area contributed by atoms with Crippen molar-refractivity contribution in [3.63, 3.8) is 0 Å². The molecule has 5 atom stereocenters. The highest BCUT2D eigenvalue weighted by atomic mass is 16.6. The Kier molecular flexibility index (Phi) is 3.81. The highest BCUT2D eigenvalue weighted by Gasteiger charge is 2.63. The van der Waals surface area contributed by atoms with Crippen LogP contribution in [0.3, 0.4) is 0 Å². The van der Waals surface area contributed by atoms with Gasteiger partial charge in [-0.25, -0.2) is 9.59 Å². The molecule has 0 radical (unpaired) electrons. The second kappa shape index (κ2) is 5.36. The first-order valence-corrected chi connectivity index (χ1v) is 8.56. The molecule has 24 heavy (non-hydrogen) atoms. The zero-order valence-electron chi connectivity index (χ0n) is 14.7. The molecule has 2 aliphatic heterocycles. The lowest BCUT2D eigenvalue weighted by Crippen LogP contribution is -2.54. The van der Waals surface area contributed by atoms with Crippen LogP contribution in [0, 0.1) is 11.3 Å². The molecule has 7 nitrogen and oxygen atoms in total. The minimum atomic E-state index is -0.967. The number of nitrogens with zero attached hydrogens (tertiary/aromatic N) is 1. The normalized spacial score (nSPS) is 38.0. The second-order valence-electron chi connectivity index (χ2n) is 8.61. The van der Waals surface area contributed by atoms with Crippen molar-refractivity contribution in [3.05, 3.63) is 0 Å². The third-order valence-corrected chi connectivity index (χ3v) is 5.51. The number of carboxylic acid groups (broad SMARTS) is 1. The Morgan fingerprint density at radius 3 is 2.54 bits per heavy atom. The highest BCUT2D eigenvalue weighted by Crippen LogP contribution is 2.61. The number of carboxylic acids is 1. The van der Waals surface area contributed by atoms with Crippen molar-refractivity contribution in [1.82, 2.24) is 10.2 Å². The minimum Gasteiger partial charge on any atom is -0.480 e. The zero-order valence-corrected chi connectivity index (χ0v) is 14.7. The molecule has 0 aromatic heterocycles. The molecule has 7 heteroatoms. The van der Waals surface area contributed by atoms with Gasteiger partial charge in [0.25, 0.3) is 0 Å². The molecular formula is C17H26N2O5. The molecule has 0 aromatic carbocycles. The van der Waals surface area contributed by atoms with Gasteiger partial charge in [0.15, 0.2) is 0 Å². The molecule has 3 aliphatic rings. The summed E-state index contributed by atoms with van der Waals surface area (Å²) in [5.41, 5.74) is -0.661. The van der Waals surface area contributed by atoms with E-state index >= 15 is 0 Å². The van der Waals surface area contributed by atoms with Crippen molar-refractivity contribution in [1.29, 1.82) is 0 Å². The SMILES string of the molecule is CC(C)(C)OC(=O)N[C@H]1C[C@]2(C)CC2[C@H]2CC[C@@H](C(=O)O)N2C1=O. The predicted octanol–water partition coefficient (Wildman–Crippen LogP) is 1.75. The molecule has 2 amide bonds. The lowest BCUT2D eigenvalue weighted by molar-refractivity contribution is -0.150. The average Bonchev–Trinajstić information content (AvgIpc) is 2.92. The van der Waals surface area contributed by atoms with Crippen LogP contribution in [0.1, 0.15) is 53.4 Å². The third kappa shape index (κ3) is 2.96. The van der Waals surface area contributed by atoms with Gasteiger partial charge in [-0.05, 0) is 57.8 Å². The number of alkyl carbamates (subject to hydrolysis) is 1. The molecular weight excluding hydrogens is 312 g/mol. The number of rotatable bonds is 2. The third-order valence-electron chi connectivity index (χ3n) is 5.51. The Labute approximate surface area is 141 Å². The summed E-state index contributed by atoms with van der Waals surface area (Å²) in [4.78, 5) is 38.1. The van der Waals surface area contributed by atoms with E-state index in [1.54, 1.807) is 20.8 Å². The van der Waals surface area contributed by atoms with Crippen LogP contribution in [-0.2, 0) is 14.3 Å². The smallest absolute Gasteiger partial charge is 0.408 e. The van der Waals surface area contributed by atoms with Crippen LogP contribution in [0.25, 0.3) is 0 Å². The molecule has 134 valence electrons. The van der Waals surface area contributed by atoms with Crippen molar-refractivity contribution in [2.24, 2.45) is 11.3 Å². The molecule has 1 aliphatic carbocycles. The van der Waals surface area contributed by atoms with E-state index in [-0.39, 0.29) is 17.4 Å². The van der Waals surface area contributed by atoms with Crippen molar-refractivity contribution in [3.8, 4) is 0 Å². The summed E-state index contributed by atoms with van der Waals surface area (Å²) in [6.07, 6.45) is 2.08. The van der Waals surface area contributed by atoms with Gasteiger partial charge in [-0.15, -0.1) is 0 Å². The van der Waals surface area contributed by atoms with Crippen molar-refractivity contribution in [2.75, 3.05) is 0 Å². The Bertz CT molecular complexity index is 584. The van der Waals surface area contributed by atoms with Crippen molar-refractivity contribution < 1.29 is 24.2 Å². The standard InChI is InChI=1S/C17H26N2O5/c1-16(2,3)24-15(23)18-10-8-17(4)7-9(17)11-5-6-12(14(21)22)19(11)13(10)20/h9-12H,5-8H2,1-4H3,(H,18,23)(H,21,22)/t9?,10-,11+,12-,17-/m0/s1. The minimum absolute atomic E-state index is 0.0118. The van der Waals surface area contributed by atoms with E-state index in [1.165, 1.54) is 4.90 Å². The zero-order chi connectivity index (χ0) is 17.9. The number of nitrogens with one attached hydrogen (secondary N) is 1. The van der Waals surface area contributed by atoms with Crippen LogP contribution in [0.15, 0.2) is 0 Å². The predicted molar refractivity (Wildman–Crippen MR) is 85.3 cm³/mol. The lowest BCUT2D eigenvalue weighted by atomic mass is 9.95. The van der Waals surface area contributed by atoms with Gasteiger partial charge in [0.05, 0.1) is 0 Å². The van der Waals surface area contributed by atoms with Crippen LogP contribution < -0.4 is 5.32 Å². The molecule has 0 aromatic rings. The quantitative estimate of drug-likeness (QED) is 0.800. The van der Waals surface area contributed by atoms with Crippen LogP contribution in [0.4, 0.5) is 4.79 Å². The summed E-state index contributed by atoms with van der Waals surface area (Å²) in [6.45, 7) is 7.40. The first-order chi connectivity index (χ1) is 11.0. The summed E-state index contributed by atoms with van der Waals surface area (Å²) in [7, 11) is 0. The number of aliphatic carboxylic acids is 1. The first-order valence-electron chi connectivity index (χ1n) is 8.56. The largest absolute Gasteiger partial charge is 0.480 e. The number of ether oxygens (including phenoxy) is 1. The Morgan fingerprint density at radius 2 is 1.96 bits per heavy atom. The topological polar surface area (TPSA) is 95.9 Å². The fraction of sp³-hybridized carbons (Fsp3) is 0.824. The first kappa shape index (κ1) is 17.0. The van der Waals surface area contributed by atoms with Crippen molar-refractivity contribution >= 4 is 18.0 Å². The number of hydrogen-bond donors (Lipinski definition) is 2. The van der Waals surface area contributed by atoms with Crippen LogP contribution in [0.5, 0.6) is 0 Å². The van der Waals surface area contributed by atoms with E-state index in [1.807, 2.05) is 0 Å². The maximum atomic E-state index is 12.9. The number of hydrogen-bond acceptors (Lipinski definition) is 4. The van der Waals surface area contributed by atoms with Crippen LogP contribution in [-0.4, -0.2) is 51.7 Å². The van der Waals surface area contributed by atoms with E-state index in [0.717, 1.165) is 12.8 Å². The van der Waals surface area contributed by atoms with Gasteiger partial charge in [-0.2, -0.15) is 0 Å². The fourth-order valence-corrected chi connectivity index (χ4v) is 4.37. The average molecular weight is 338 g/mol.